The average molecular weight is 348 g/mol. The molecule has 8 heteroatoms. The van der Waals surface area contributed by atoms with Crippen LogP contribution < -0.4 is 15.8 Å². The van der Waals surface area contributed by atoms with Crippen LogP contribution in [0.1, 0.15) is 10.4 Å². The normalized spacial score (nSPS) is 10.7. The molecule has 0 aliphatic heterocycles. The van der Waals surface area contributed by atoms with E-state index in [4.69, 9.17) is 0 Å². The Hall–Kier alpha value is -2.74. The molecule has 5 nitrogen and oxygen atoms in total. The van der Waals surface area contributed by atoms with E-state index >= 15 is 0 Å². The number of carbonyl (C=O) groups excluding carboxylic acids is 1. The van der Waals surface area contributed by atoms with Crippen LogP contribution in [0.2, 0.25) is 0 Å². The Labute approximate surface area is 140 Å². The van der Waals surface area contributed by atoms with Crippen LogP contribution in [0.3, 0.4) is 0 Å². The van der Waals surface area contributed by atoms with Crippen LogP contribution in [0.15, 0.2) is 36.4 Å². The van der Waals surface area contributed by atoms with Gasteiger partial charge in [-0.25, -0.2) is 13.8 Å². The summed E-state index contributed by atoms with van der Waals surface area (Å²) in [5.74, 6) is -1.76. The highest BCUT2D eigenvalue weighted by Crippen LogP contribution is 2.28. The van der Waals surface area contributed by atoms with Crippen molar-refractivity contribution in [3.05, 3.63) is 53.6 Å². The number of hydrazine groups is 1. The summed E-state index contributed by atoms with van der Waals surface area (Å²) in [6.45, 7) is 0. The number of aromatic nitrogens is 1. The van der Waals surface area contributed by atoms with Crippen molar-refractivity contribution in [1.29, 1.82) is 0 Å². The number of nitrogens with zero attached hydrogens (tertiary/aromatic N) is 2. The number of amides is 1. The summed E-state index contributed by atoms with van der Waals surface area (Å²) in [7, 11) is 3.82. The lowest BCUT2D eigenvalue weighted by molar-refractivity contribution is 0.0962. The van der Waals surface area contributed by atoms with E-state index in [9.17, 15) is 13.6 Å². The van der Waals surface area contributed by atoms with Gasteiger partial charge in [-0.05, 0) is 30.3 Å². The summed E-state index contributed by atoms with van der Waals surface area (Å²) in [4.78, 5) is 18.0. The maximum absolute atomic E-state index is 13.6. The van der Waals surface area contributed by atoms with Gasteiger partial charge in [-0.15, -0.1) is 0 Å². The third kappa shape index (κ3) is 3.28. The first-order valence-corrected chi connectivity index (χ1v) is 7.85. The van der Waals surface area contributed by atoms with Crippen LogP contribution in [-0.2, 0) is 0 Å². The molecule has 0 fully saturated rings. The summed E-state index contributed by atoms with van der Waals surface area (Å²) in [6, 6.07) is 9.01. The van der Waals surface area contributed by atoms with Crippen LogP contribution in [0.4, 0.5) is 19.6 Å². The molecular weight excluding hydrogens is 334 g/mol. The zero-order valence-electron chi connectivity index (χ0n) is 12.9. The smallest absolute Gasteiger partial charge is 0.269 e. The lowest BCUT2D eigenvalue weighted by Crippen LogP contribution is -2.29. The lowest BCUT2D eigenvalue weighted by Gasteiger charge is -2.12. The van der Waals surface area contributed by atoms with Gasteiger partial charge in [0.2, 0.25) is 5.13 Å². The van der Waals surface area contributed by atoms with Crippen molar-refractivity contribution in [2.45, 2.75) is 0 Å². The highest BCUT2D eigenvalue weighted by atomic mass is 32.1. The Kier molecular flexibility index (Phi) is 4.30. The van der Waals surface area contributed by atoms with Gasteiger partial charge in [0.15, 0.2) is 5.82 Å². The molecule has 0 saturated heterocycles. The quantitative estimate of drug-likeness (QED) is 0.710. The first-order chi connectivity index (χ1) is 11.4. The Bertz CT molecular complexity index is 893. The zero-order chi connectivity index (χ0) is 17.3. The molecule has 124 valence electrons. The third-order valence-electron chi connectivity index (χ3n) is 3.34. The second-order valence-electron chi connectivity index (χ2n) is 5.27. The molecule has 1 aromatic heterocycles. The van der Waals surface area contributed by atoms with E-state index in [1.54, 1.807) is 12.1 Å². The minimum Gasteiger partial charge on any atom is -0.378 e. The fourth-order valence-corrected chi connectivity index (χ4v) is 2.96. The van der Waals surface area contributed by atoms with Gasteiger partial charge < -0.3 is 4.90 Å². The Balaban J connectivity index is 1.71. The first kappa shape index (κ1) is 16.1. The molecule has 0 radical (unpaired) electrons. The van der Waals surface area contributed by atoms with Crippen LogP contribution in [0, 0.1) is 11.6 Å². The van der Waals surface area contributed by atoms with E-state index in [1.807, 2.05) is 31.1 Å². The maximum Gasteiger partial charge on any atom is 0.269 e. The number of carbonyl (C=O) groups is 1. The molecule has 0 spiro atoms. The topological polar surface area (TPSA) is 57.3 Å². The predicted octanol–water partition coefficient (Wildman–Crippen LogP) is 3.40. The summed E-state index contributed by atoms with van der Waals surface area (Å²) in [6.07, 6.45) is 0. The molecule has 0 saturated carbocycles. The fourth-order valence-electron chi connectivity index (χ4n) is 2.10. The van der Waals surface area contributed by atoms with Crippen molar-refractivity contribution < 1.29 is 13.6 Å². The summed E-state index contributed by atoms with van der Waals surface area (Å²) >= 11 is 1.05. The second kappa shape index (κ2) is 6.40. The molecule has 24 heavy (non-hydrogen) atoms. The van der Waals surface area contributed by atoms with Crippen LogP contribution >= 0.6 is 11.3 Å². The Morgan fingerprint density at radius 1 is 1.17 bits per heavy atom. The van der Waals surface area contributed by atoms with Crippen LogP contribution in [0.5, 0.6) is 0 Å². The van der Waals surface area contributed by atoms with Gasteiger partial charge in [0.25, 0.3) is 5.91 Å². The van der Waals surface area contributed by atoms with Crippen molar-refractivity contribution in [1.82, 2.24) is 10.4 Å². The summed E-state index contributed by atoms with van der Waals surface area (Å²) in [5, 5.41) is 0.271. The molecule has 1 amide bonds. The number of nitrogens with one attached hydrogen (secondary N) is 2. The number of thiazole rings is 1. The molecule has 0 aliphatic carbocycles. The van der Waals surface area contributed by atoms with Crippen molar-refractivity contribution in [2.24, 2.45) is 0 Å². The van der Waals surface area contributed by atoms with Gasteiger partial charge in [-0.1, -0.05) is 11.3 Å². The van der Waals surface area contributed by atoms with Crippen molar-refractivity contribution in [3.8, 4) is 0 Å². The first-order valence-electron chi connectivity index (χ1n) is 7.03. The highest BCUT2D eigenvalue weighted by Gasteiger charge is 2.11. The van der Waals surface area contributed by atoms with Gasteiger partial charge in [0.05, 0.1) is 4.70 Å². The number of halogens is 2. The standard InChI is InChI=1S/C16H14F2N4OS/c1-22(2)11-5-3-9(4-6-11)15(23)20-21-16-19-14-12(18)7-10(17)8-13(14)24-16/h3-8H,1-2H3,(H,19,21)(H,20,23). The number of hydrogen-bond acceptors (Lipinski definition) is 5. The Morgan fingerprint density at radius 3 is 2.54 bits per heavy atom. The monoisotopic (exact) mass is 348 g/mol. The number of fused-ring (bicyclic) bond motifs is 1. The van der Waals surface area contributed by atoms with Gasteiger partial charge in [0.1, 0.15) is 11.3 Å². The van der Waals surface area contributed by atoms with E-state index in [-0.39, 0.29) is 16.6 Å². The molecule has 0 unspecified atom stereocenters. The van der Waals surface area contributed by atoms with E-state index in [1.165, 1.54) is 6.07 Å². The number of hydrogen-bond donors (Lipinski definition) is 2. The molecule has 0 aliphatic rings. The van der Waals surface area contributed by atoms with E-state index in [0.717, 1.165) is 23.1 Å². The van der Waals surface area contributed by atoms with E-state index < -0.39 is 11.6 Å². The summed E-state index contributed by atoms with van der Waals surface area (Å²) in [5.41, 5.74) is 6.62. The summed E-state index contributed by atoms with van der Waals surface area (Å²) < 4.78 is 27.1. The van der Waals surface area contributed by atoms with Crippen molar-refractivity contribution in [2.75, 3.05) is 24.4 Å². The Morgan fingerprint density at radius 2 is 1.88 bits per heavy atom. The minimum atomic E-state index is -0.736. The molecule has 3 aromatic rings. The number of rotatable bonds is 4. The van der Waals surface area contributed by atoms with E-state index in [2.05, 4.69) is 15.8 Å². The van der Waals surface area contributed by atoms with Gasteiger partial charge >= 0.3 is 0 Å². The third-order valence-corrected chi connectivity index (χ3v) is 4.26. The maximum atomic E-state index is 13.6. The number of benzene rings is 2. The fraction of sp³-hybridized carbons (Fsp3) is 0.125. The molecule has 3 rings (SSSR count). The predicted molar refractivity (Wildman–Crippen MR) is 91.4 cm³/mol. The lowest BCUT2D eigenvalue weighted by atomic mass is 10.2. The van der Waals surface area contributed by atoms with E-state index in [0.29, 0.717) is 10.3 Å². The number of anilines is 2. The van der Waals surface area contributed by atoms with Gasteiger partial charge in [-0.3, -0.25) is 15.6 Å². The largest absolute Gasteiger partial charge is 0.378 e. The van der Waals surface area contributed by atoms with Crippen molar-refractivity contribution in [3.63, 3.8) is 0 Å². The SMILES string of the molecule is CN(C)c1ccc(C(=O)NNc2nc3c(F)cc(F)cc3s2)cc1. The molecule has 1 heterocycles. The van der Waals surface area contributed by atoms with Gasteiger partial charge in [-0.2, -0.15) is 0 Å². The molecule has 0 bridgehead atoms. The van der Waals surface area contributed by atoms with Crippen LogP contribution in [-0.4, -0.2) is 25.0 Å². The average Bonchev–Trinajstić information content (AvgIpc) is 2.96. The minimum absolute atomic E-state index is 0.0634. The molecule has 0 atom stereocenters. The molecule has 2 aromatic carbocycles. The molecular formula is C16H14F2N4OS. The van der Waals surface area contributed by atoms with Crippen LogP contribution in [0.25, 0.3) is 10.2 Å². The second-order valence-corrected chi connectivity index (χ2v) is 6.30. The molecule has 2 N–H and O–H groups in total. The zero-order valence-corrected chi connectivity index (χ0v) is 13.7. The highest BCUT2D eigenvalue weighted by molar-refractivity contribution is 7.22. The van der Waals surface area contributed by atoms with Crippen molar-refractivity contribution >= 4 is 38.3 Å². The van der Waals surface area contributed by atoms with Gasteiger partial charge in [0, 0.05) is 31.4 Å².